The fraction of sp³-hybridized carbons (Fsp3) is 0.0652. The van der Waals surface area contributed by atoms with Crippen molar-refractivity contribution in [3.8, 4) is 22.5 Å². The molecule has 8 rings (SSSR count). The molecule has 0 bridgehead atoms. The van der Waals surface area contributed by atoms with Gasteiger partial charge in [0, 0.05) is 114 Å². The number of aromatic carboxylic acids is 1. The number of carbonyl (C=O) groups is 2. The molecule has 60 heavy (non-hydrogen) atoms. The number of ketones is 1. The Morgan fingerprint density at radius 1 is 0.700 bits per heavy atom. The first-order valence-electron chi connectivity index (χ1n) is 17.3. The van der Waals surface area contributed by atoms with Crippen molar-refractivity contribution in [2.24, 2.45) is 0 Å². The van der Waals surface area contributed by atoms with Crippen molar-refractivity contribution in [2.75, 3.05) is 0 Å². The summed E-state index contributed by atoms with van der Waals surface area (Å²) in [4.78, 5) is 37.6. The van der Waals surface area contributed by atoms with Crippen LogP contribution in [0.4, 0.5) is 8.78 Å². The van der Waals surface area contributed by atoms with Crippen LogP contribution in [0.15, 0.2) is 175 Å². The van der Waals surface area contributed by atoms with Crippen LogP contribution in [0.5, 0.6) is 0 Å². The average molecular weight is 1360 g/mol. The molecule has 1 unspecified atom stereocenters. The number of aliphatic hydroxyl groups is 1. The molecule has 0 fully saturated rings. The molecule has 5 heterocycles. The second kappa shape index (κ2) is 29.2. The van der Waals surface area contributed by atoms with Gasteiger partial charge >= 0.3 is 5.97 Å². The molecule has 2 N–H and O–H groups in total. The summed E-state index contributed by atoms with van der Waals surface area (Å²) < 4.78 is 25.8. The molecule has 0 amide bonds. The fourth-order valence-corrected chi connectivity index (χ4v) is 5.94. The van der Waals surface area contributed by atoms with Gasteiger partial charge in [0.05, 0.1) is 5.76 Å². The maximum atomic E-state index is 13.2. The first-order valence-corrected chi connectivity index (χ1v) is 18.2. The van der Waals surface area contributed by atoms with E-state index < -0.39 is 17.6 Å². The first-order chi connectivity index (χ1) is 27.6. The summed E-state index contributed by atoms with van der Waals surface area (Å²) in [5.74, 6) is -2.34. The number of pyridine rings is 4. The maximum absolute atomic E-state index is 13.2. The van der Waals surface area contributed by atoms with E-state index in [1.807, 2.05) is 72.6 Å². The van der Waals surface area contributed by atoms with Crippen molar-refractivity contribution in [3.63, 3.8) is 0 Å². The number of carboxylic acid groups (broad SMARTS) is 1. The quantitative estimate of drug-likeness (QED) is 0.0984. The Labute approximate surface area is 393 Å². The van der Waals surface area contributed by atoms with Crippen LogP contribution in [-0.2, 0) is 65.1 Å². The minimum absolute atomic E-state index is 0. The number of nitrogens with zero attached hydrogens (tertiary/aromatic N) is 4. The summed E-state index contributed by atoms with van der Waals surface area (Å²) in [6.45, 7) is 2.85. The van der Waals surface area contributed by atoms with Crippen molar-refractivity contribution < 1.29 is 88.9 Å². The van der Waals surface area contributed by atoms with E-state index in [4.69, 9.17) is 10.2 Å². The van der Waals surface area contributed by atoms with Gasteiger partial charge < -0.3 is 20.2 Å². The van der Waals surface area contributed by atoms with Crippen LogP contribution in [0.3, 0.4) is 0 Å². The van der Waals surface area contributed by atoms with E-state index in [2.05, 4.69) is 68.8 Å². The molecule has 8 nitrogen and oxygen atoms in total. The summed E-state index contributed by atoms with van der Waals surface area (Å²) >= 11 is 1.87. The summed E-state index contributed by atoms with van der Waals surface area (Å²) in [6, 6.07) is 45.7. The third-order valence-electron chi connectivity index (χ3n) is 7.21. The minimum atomic E-state index is -0.990. The van der Waals surface area contributed by atoms with Gasteiger partial charge in [0.25, 0.3) is 0 Å². The molecule has 0 spiro atoms. The molecule has 3 radical (unpaired) electrons. The number of allylic oxidation sites excluding steroid dienone is 2. The predicted molar refractivity (Wildman–Crippen MR) is 218 cm³/mol. The zero-order chi connectivity index (χ0) is 40.8. The van der Waals surface area contributed by atoms with Gasteiger partial charge in [-0.05, 0) is 61.6 Å². The third-order valence-corrected chi connectivity index (χ3v) is 8.47. The molecule has 315 valence electrons. The Morgan fingerprint density at radius 2 is 1.28 bits per heavy atom. The molecule has 0 saturated heterocycles. The molecule has 14 heteroatoms. The number of aromatic nitrogens is 4. The number of carboxylic acids is 1. The van der Waals surface area contributed by atoms with E-state index in [1.165, 1.54) is 42.6 Å². The Morgan fingerprint density at radius 3 is 1.75 bits per heavy atom. The van der Waals surface area contributed by atoms with Gasteiger partial charge in [0.2, 0.25) is 0 Å². The van der Waals surface area contributed by atoms with Crippen LogP contribution < -0.4 is 0 Å². The molecule has 3 aromatic carbocycles. The fourth-order valence-electron chi connectivity index (χ4n) is 4.76. The number of rotatable bonds is 5. The van der Waals surface area contributed by atoms with E-state index in [0.717, 1.165) is 29.1 Å². The Balaban J connectivity index is 0.000000379. The molecule has 7 aromatic rings. The average Bonchev–Trinajstić information content (AvgIpc) is 3.68. The van der Waals surface area contributed by atoms with Crippen molar-refractivity contribution >= 4 is 23.5 Å². The maximum Gasteiger partial charge on any atom is 0.354 e. The van der Waals surface area contributed by atoms with E-state index in [9.17, 15) is 18.4 Å². The van der Waals surface area contributed by atoms with Gasteiger partial charge in [-0.1, -0.05) is 59.0 Å². The third kappa shape index (κ3) is 18.9. The number of fused-ring (bicyclic) bond motifs is 1. The number of benzene rings is 3. The van der Waals surface area contributed by atoms with Crippen LogP contribution >= 0.6 is 11.8 Å². The van der Waals surface area contributed by atoms with Gasteiger partial charge in [-0.3, -0.25) is 18.6 Å². The van der Waals surface area contributed by atoms with Crippen molar-refractivity contribution in [1.29, 1.82) is 0 Å². The monoisotopic (exact) mass is 1360 g/mol. The number of hydrogen-bond acceptors (Lipinski definition) is 8. The van der Waals surface area contributed by atoms with E-state index in [1.54, 1.807) is 42.7 Å². The van der Waals surface area contributed by atoms with Gasteiger partial charge in [-0.15, -0.1) is 60.2 Å². The second-order valence-electron chi connectivity index (χ2n) is 11.7. The molecule has 4 aromatic heterocycles. The zero-order valence-corrected chi connectivity index (χ0v) is 39.9. The molecule has 1 atom stereocenters. The van der Waals surface area contributed by atoms with Crippen LogP contribution in [-0.4, -0.2) is 41.9 Å². The number of carbonyl (C=O) groups excluding carboxylic acids is 1. The minimum Gasteiger partial charge on any atom is -0.512 e. The Kier molecular flexibility index (Phi) is 25.8. The Hall–Kier alpha value is -5.03. The van der Waals surface area contributed by atoms with Crippen LogP contribution in [0.1, 0.15) is 40.8 Å². The molecule has 0 aliphatic carbocycles. The topological polar surface area (TPSA) is 126 Å². The smallest absolute Gasteiger partial charge is 0.354 e. The van der Waals surface area contributed by atoms with Gasteiger partial charge in [-0.2, -0.15) is 29.8 Å². The number of thioether (sulfide) groups is 1. The van der Waals surface area contributed by atoms with Crippen molar-refractivity contribution in [2.45, 2.75) is 24.0 Å². The number of hydrogen-bond donors (Lipinski definition) is 2. The van der Waals surface area contributed by atoms with Crippen LogP contribution in [0.25, 0.3) is 22.5 Å². The summed E-state index contributed by atoms with van der Waals surface area (Å²) in [6.07, 6.45) is 10.1. The first kappa shape index (κ1) is 53.0. The predicted octanol–water partition coefficient (Wildman–Crippen LogP) is 10.7. The van der Waals surface area contributed by atoms with E-state index in [0.29, 0.717) is 10.9 Å². The molecule has 1 aliphatic rings. The molecular weight excluding hydrogens is 1320 g/mol. The Bertz CT molecular complexity index is 2260. The molecule has 0 saturated carbocycles. The van der Waals surface area contributed by atoms with Crippen molar-refractivity contribution in [1.82, 2.24) is 19.9 Å². The standard InChI is InChI=1S/C13H10NS.C11H6F2N.C11H8N.C6H5NO2.C5H8O2.3Ir/c1-2-7-12-10(5-1)9-13(15-12)11-6-3-4-8-14-11;12-8-4-5-9(10(13)7-8)11-3-1-2-6-14-11;1-2-6-10(7-3-1)11-8-4-5-9-12-11;8-6(9)5-3-1-2-4-7-5;1-4(6)3-5(2)7;;;/h1-9,13H;1-4,6-7H;1-6,8-9H;1-4H,(H,8,9);3,6H,1-2H3;;;/q3*-1;;;;;. The summed E-state index contributed by atoms with van der Waals surface area (Å²) in [5.41, 5.74) is 5.20. The molecule has 1 aliphatic heterocycles. The summed E-state index contributed by atoms with van der Waals surface area (Å²) in [7, 11) is 0. The zero-order valence-electron chi connectivity index (χ0n) is 31.9. The second-order valence-corrected chi connectivity index (χ2v) is 12.8. The molecular formula is C46H37F2Ir3N4O4S-3. The van der Waals surface area contributed by atoms with Gasteiger partial charge in [-0.25, -0.2) is 9.78 Å². The van der Waals surface area contributed by atoms with Crippen LogP contribution in [0, 0.1) is 30.2 Å². The normalized spacial score (nSPS) is 11.5. The van der Waals surface area contributed by atoms with Crippen LogP contribution in [0.2, 0.25) is 0 Å². The van der Waals surface area contributed by atoms with Crippen molar-refractivity contribution in [3.05, 3.63) is 217 Å². The van der Waals surface area contributed by atoms with E-state index in [-0.39, 0.29) is 83.1 Å². The summed E-state index contributed by atoms with van der Waals surface area (Å²) in [5, 5.41) is 17.1. The number of aliphatic hydroxyl groups excluding tert-OH is 1. The largest absolute Gasteiger partial charge is 0.512 e. The number of halogens is 2. The SMILES string of the molecule is CC(=O)C=C(C)O.Fc1c[c-]c(-c2ccccn2)c(F)c1.O=C(O)c1ccccn1.[Ir].[Ir].[Ir].[c-]1ccccc1-c1ccccn1.c1ccc(C2[CH-]c3ccccc3S2)nc1. The van der Waals surface area contributed by atoms with Gasteiger partial charge in [0.1, 0.15) is 5.69 Å². The van der Waals surface area contributed by atoms with E-state index >= 15 is 0 Å². The van der Waals surface area contributed by atoms with Gasteiger partial charge in [0.15, 0.2) is 5.78 Å².